The molecule has 0 fully saturated rings. The summed E-state index contributed by atoms with van der Waals surface area (Å²) < 4.78 is 0. The molecule has 4 rings (SSSR count). The van der Waals surface area contributed by atoms with Gasteiger partial charge in [-0.15, -0.1) is 13.2 Å². The Morgan fingerprint density at radius 3 is 1.40 bits per heavy atom. The maximum atomic E-state index is 13.0. The van der Waals surface area contributed by atoms with Crippen LogP contribution in [0, 0.1) is 0 Å². The summed E-state index contributed by atoms with van der Waals surface area (Å²) >= 11 is 0. The number of carbonyl (C=O) groups is 5. The van der Waals surface area contributed by atoms with E-state index in [1.807, 2.05) is 0 Å². The van der Waals surface area contributed by atoms with Crippen LogP contribution in [0.2, 0.25) is 0 Å². The molecule has 0 unspecified atom stereocenters. The molecular weight excluding hydrogens is 384 g/mol. The Morgan fingerprint density at radius 2 is 1.03 bits per heavy atom. The molecule has 2 heterocycles. The highest BCUT2D eigenvalue weighted by molar-refractivity contribution is 6.24. The highest BCUT2D eigenvalue weighted by atomic mass is 16.2. The van der Waals surface area contributed by atoms with Crippen LogP contribution in [0.25, 0.3) is 0 Å². The van der Waals surface area contributed by atoms with E-state index in [9.17, 15) is 24.0 Å². The first-order valence-corrected chi connectivity index (χ1v) is 9.16. The minimum absolute atomic E-state index is 0.0811. The lowest BCUT2D eigenvalue weighted by molar-refractivity contribution is 0.0656. The number of rotatable bonds is 6. The summed E-state index contributed by atoms with van der Waals surface area (Å²) in [5, 5.41) is 0. The minimum atomic E-state index is -0.487. The van der Waals surface area contributed by atoms with Crippen molar-refractivity contribution in [3.63, 3.8) is 0 Å². The third-order valence-electron chi connectivity index (χ3n) is 5.09. The standard InChI is InChI=1S/C23H16N2O5/c1-3-9-24-20(27)15-7-5-13(11-17(15)22(24)29)19(26)14-6-8-16-18(12-14)23(30)25(10-4-2)21(16)28/h3-8,11-12H,1-2,9-10H2. The molecule has 0 spiro atoms. The first kappa shape index (κ1) is 19.2. The fraction of sp³-hybridized carbons (Fsp3) is 0.0870. The van der Waals surface area contributed by atoms with Crippen molar-refractivity contribution in [3.05, 3.63) is 95.1 Å². The lowest BCUT2D eigenvalue weighted by atomic mass is 9.96. The Balaban J connectivity index is 1.68. The topological polar surface area (TPSA) is 91.8 Å². The molecule has 2 aromatic carbocycles. The van der Waals surface area contributed by atoms with Crippen LogP contribution >= 0.6 is 0 Å². The van der Waals surface area contributed by atoms with Gasteiger partial charge in [-0.25, -0.2) is 0 Å². The van der Waals surface area contributed by atoms with Gasteiger partial charge in [-0.05, 0) is 24.3 Å². The number of amides is 4. The van der Waals surface area contributed by atoms with E-state index in [-0.39, 0.29) is 46.5 Å². The zero-order chi connectivity index (χ0) is 21.6. The van der Waals surface area contributed by atoms with E-state index in [2.05, 4.69) is 13.2 Å². The molecule has 7 nitrogen and oxygen atoms in total. The second-order valence-electron chi connectivity index (χ2n) is 6.87. The first-order chi connectivity index (χ1) is 14.4. The number of benzene rings is 2. The molecule has 2 aromatic rings. The van der Waals surface area contributed by atoms with Crippen LogP contribution < -0.4 is 0 Å². The van der Waals surface area contributed by atoms with E-state index in [0.717, 1.165) is 9.80 Å². The molecule has 148 valence electrons. The van der Waals surface area contributed by atoms with Gasteiger partial charge in [-0.1, -0.05) is 24.3 Å². The second kappa shape index (κ2) is 7.04. The summed E-state index contributed by atoms with van der Waals surface area (Å²) in [6.45, 7) is 7.24. The molecule has 0 saturated carbocycles. The molecule has 2 aliphatic rings. The maximum absolute atomic E-state index is 13.0. The zero-order valence-corrected chi connectivity index (χ0v) is 15.9. The van der Waals surface area contributed by atoms with Crippen molar-refractivity contribution in [1.82, 2.24) is 9.80 Å². The van der Waals surface area contributed by atoms with E-state index in [0.29, 0.717) is 0 Å². The summed E-state index contributed by atoms with van der Waals surface area (Å²) in [5.41, 5.74) is 1.17. The molecule has 7 heteroatoms. The van der Waals surface area contributed by atoms with Gasteiger partial charge < -0.3 is 0 Å². The largest absolute Gasteiger partial charge is 0.289 e. The number of ketones is 1. The van der Waals surface area contributed by atoms with Gasteiger partial charge in [0.25, 0.3) is 23.6 Å². The Hall–Kier alpha value is -4.13. The summed E-state index contributed by atoms with van der Waals surface area (Å²) in [5.74, 6) is -2.26. The lowest BCUT2D eigenvalue weighted by Gasteiger charge is -2.09. The SMILES string of the molecule is C=CCN1C(=O)c2ccc(C(=O)c3ccc4c(c3)C(=O)N(CC=C)C4=O)cc2C1=O. The second-order valence-corrected chi connectivity index (χ2v) is 6.87. The molecule has 0 aromatic heterocycles. The van der Waals surface area contributed by atoms with E-state index >= 15 is 0 Å². The van der Waals surface area contributed by atoms with Crippen LogP contribution in [0.5, 0.6) is 0 Å². The Morgan fingerprint density at radius 1 is 0.667 bits per heavy atom. The average Bonchev–Trinajstić information content (AvgIpc) is 3.13. The van der Waals surface area contributed by atoms with Crippen molar-refractivity contribution in [1.29, 1.82) is 0 Å². The summed E-state index contributed by atoms with van der Waals surface area (Å²) in [6.07, 6.45) is 2.90. The van der Waals surface area contributed by atoms with Gasteiger partial charge >= 0.3 is 0 Å². The highest BCUT2D eigenvalue weighted by Gasteiger charge is 2.37. The predicted molar refractivity (Wildman–Crippen MR) is 107 cm³/mol. The molecule has 4 amide bonds. The minimum Gasteiger partial charge on any atom is -0.289 e. The van der Waals surface area contributed by atoms with Gasteiger partial charge in [0.1, 0.15) is 0 Å². The summed E-state index contributed by atoms with van der Waals surface area (Å²) in [4.78, 5) is 64.7. The van der Waals surface area contributed by atoms with Gasteiger partial charge in [-0.2, -0.15) is 0 Å². The van der Waals surface area contributed by atoms with Crippen molar-refractivity contribution in [3.8, 4) is 0 Å². The van der Waals surface area contributed by atoms with E-state index < -0.39 is 29.4 Å². The molecule has 0 bridgehead atoms. The number of imide groups is 2. The smallest absolute Gasteiger partial charge is 0.261 e. The van der Waals surface area contributed by atoms with E-state index in [4.69, 9.17) is 0 Å². The van der Waals surface area contributed by atoms with Crippen LogP contribution in [0.15, 0.2) is 61.7 Å². The first-order valence-electron chi connectivity index (χ1n) is 9.16. The Labute approximate surface area is 171 Å². The van der Waals surface area contributed by atoms with Crippen molar-refractivity contribution >= 4 is 29.4 Å². The monoisotopic (exact) mass is 400 g/mol. The number of carbonyl (C=O) groups excluding carboxylic acids is 5. The lowest BCUT2D eigenvalue weighted by Crippen LogP contribution is -2.29. The van der Waals surface area contributed by atoms with Gasteiger partial charge in [-0.3, -0.25) is 33.8 Å². The number of nitrogens with zero attached hydrogens (tertiary/aromatic N) is 2. The molecule has 2 aliphatic heterocycles. The fourth-order valence-corrected chi connectivity index (χ4v) is 3.62. The average molecular weight is 400 g/mol. The number of fused-ring (bicyclic) bond motifs is 2. The number of hydrogen-bond acceptors (Lipinski definition) is 5. The molecular formula is C23H16N2O5. The normalized spacial score (nSPS) is 14.8. The van der Waals surface area contributed by atoms with Crippen molar-refractivity contribution < 1.29 is 24.0 Å². The Kier molecular flexibility index (Phi) is 4.50. The van der Waals surface area contributed by atoms with Crippen LogP contribution in [0.3, 0.4) is 0 Å². The van der Waals surface area contributed by atoms with Gasteiger partial charge in [0.2, 0.25) is 0 Å². The highest BCUT2D eigenvalue weighted by Crippen LogP contribution is 2.27. The predicted octanol–water partition coefficient (Wildman–Crippen LogP) is 2.48. The summed E-state index contributed by atoms with van der Waals surface area (Å²) in [7, 11) is 0. The fourth-order valence-electron chi connectivity index (χ4n) is 3.62. The molecule has 30 heavy (non-hydrogen) atoms. The van der Waals surface area contributed by atoms with Crippen LogP contribution in [0.4, 0.5) is 0 Å². The number of hydrogen-bond donors (Lipinski definition) is 0. The van der Waals surface area contributed by atoms with Crippen molar-refractivity contribution in [2.45, 2.75) is 0 Å². The molecule has 0 saturated heterocycles. The molecule has 0 radical (unpaired) electrons. The summed E-state index contributed by atoms with van der Waals surface area (Å²) in [6, 6.07) is 8.58. The van der Waals surface area contributed by atoms with Crippen molar-refractivity contribution in [2.75, 3.05) is 13.1 Å². The Bertz CT molecular complexity index is 1100. The van der Waals surface area contributed by atoms with Gasteiger partial charge in [0.15, 0.2) is 5.78 Å². The van der Waals surface area contributed by atoms with Crippen molar-refractivity contribution in [2.24, 2.45) is 0 Å². The third kappa shape index (κ3) is 2.71. The van der Waals surface area contributed by atoms with Gasteiger partial charge in [0, 0.05) is 24.2 Å². The molecule has 0 N–H and O–H groups in total. The molecule has 0 atom stereocenters. The van der Waals surface area contributed by atoms with Crippen LogP contribution in [-0.2, 0) is 0 Å². The van der Waals surface area contributed by atoms with Crippen LogP contribution in [-0.4, -0.2) is 52.3 Å². The van der Waals surface area contributed by atoms with E-state index in [1.165, 1.54) is 48.6 Å². The quantitative estimate of drug-likeness (QED) is 0.422. The van der Waals surface area contributed by atoms with Gasteiger partial charge in [0.05, 0.1) is 22.3 Å². The van der Waals surface area contributed by atoms with E-state index in [1.54, 1.807) is 0 Å². The third-order valence-corrected chi connectivity index (χ3v) is 5.09. The molecule has 0 aliphatic carbocycles. The van der Waals surface area contributed by atoms with Crippen LogP contribution in [0.1, 0.15) is 57.4 Å². The zero-order valence-electron chi connectivity index (χ0n) is 15.9. The maximum Gasteiger partial charge on any atom is 0.261 e.